The molecule has 0 spiro atoms. The molecule has 0 aromatic rings. The van der Waals surface area contributed by atoms with Crippen molar-refractivity contribution in [2.45, 2.75) is 45.2 Å². The summed E-state index contributed by atoms with van der Waals surface area (Å²) in [5, 5.41) is 0. The van der Waals surface area contributed by atoms with Crippen molar-refractivity contribution in [2.24, 2.45) is 11.3 Å². The minimum absolute atomic E-state index is 0.0357. The summed E-state index contributed by atoms with van der Waals surface area (Å²) in [4.78, 5) is 12.3. The Hall–Kier alpha value is -0.913. The fourth-order valence-corrected chi connectivity index (χ4v) is 4.41. The van der Waals surface area contributed by atoms with Gasteiger partial charge in [0.15, 0.2) is 0 Å². The van der Waals surface area contributed by atoms with Gasteiger partial charge in [0.25, 0.3) is 0 Å². The molecule has 4 nitrogen and oxygen atoms in total. The van der Waals surface area contributed by atoms with Gasteiger partial charge in [-0.2, -0.15) is 0 Å². The molecule has 118 valence electrons. The minimum atomic E-state index is -1.62. The van der Waals surface area contributed by atoms with Crippen LogP contribution in [-0.4, -0.2) is 34.1 Å². The number of allylic oxidation sites excluding steroid dienone is 3. The fraction of sp³-hybridized carbons (Fsp3) is 0.688. The van der Waals surface area contributed by atoms with Crippen LogP contribution in [0.4, 0.5) is 0 Å². The molecular formula is C16H26O4Si. The molecule has 0 saturated heterocycles. The number of ether oxygens (including phenoxy) is 2. The Morgan fingerprint density at radius 3 is 2.38 bits per heavy atom. The van der Waals surface area contributed by atoms with Gasteiger partial charge in [-0.3, -0.25) is 4.79 Å². The topological polar surface area (TPSA) is 44.8 Å². The fourth-order valence-electron chi connectivity index (χ4n) is 3.47. The van der Waals surface area contributed by atoms with Gasteiger partial charge in [-0.15, -0.1) is 0 Å². The highest BCUT2D eigenvalue weighted by molar-refractivity contribution is 6.70. The van der Waals surface area contributed by atoms with E-state index in [9.17, 15) is 4.79 Å². The molecule has 0 amide bonds. The molecule has 2 aliphatic carbocycles. The summed E-state index contributed by atoms with van der Waals surface area (Å²) in [6.07, 6.45) is 7.32. The maximum Gasteiger partial charge on any atom is 0.241 e. The lowest BCUT2D eigenvalue weighted by atomic mass is 9.63. The van der Waals surface area contributed by atoms with Crippen molar-refractivity contribution in [3.8, 4) is 0 Å². The number of fused-ring (bicyclic) bond motifs is 1. The molecule has 0 aromatic carbocycles. The van der Waals surface area contributed by atoms with E-state index in [0.29, 0.717) is 0 Å². The molecule has 0 aromatic heterocycles. The summed E-state index contributed by atoms with van der Waals surface area (Å²) in [5.74, 6) is -0.289. The van der Waals surface area contributed by atoms with Gasteiger partial charge < -0.3 is 13.9 Å². The standard InChI is InChI=1S/C16H26O4Si/c1-15-10-9-14(17)16(18-2,19-3)13(15)8-7-12(11-15)20-21(4,5)6/h9-11,13H,7-8H2,1-6H3/t13-,15+/m1/s1. The van der Waals surface area contributed by atoms with Gasteiger partial charge in [-0.05, 0) is 38.2 Å². The lowest BCUT2D eigenvalue weighted by Crippen LogP contribution is -2.57. The second-order valence-corrected chi connectivity index (χ2v) is 11.5. The Bertz CT molecular complexity index is 485. The van der Waals surface area contributed by atoms with Crippen molar-refractivity contribution in [3.63, 3.8) is 0 Å². The van der Waals surface area contributed by atoms with E-state index in [1.165, 1.54) is 0 Å². The SMILES string of the molecule is COC1(OC)C(=O)C=C[C@@]2(C)C=C(O[Si](C)(C)C)CC[C@@H]12. The van der Waals surface area contributed by atoms with Gasteiger partial charge in [0.2, 0.25) is 19.9 Å². The van der Waals surface area contributed by atoms with E-state index in [4.69, 9.17) is 13.9 Å². The Morgan fingerprint density at radius 1 is 1.24 bits per heavy atom. The molecule has 0 fully saturated rings. The molecule has 0 unspecified atom stereocenters. The summed E-state index contributed by atoms with van der Waals surface area (Å²) in [6.45, 7) is 8.64. The van der Waals surface area contributed by atoms with Crippen LogP contribution in [-0.2, 0) is 18.7 Å². The minimum Gasteiger partial charge on any atom is -0.548 e. The summed E-state index contributed by atoms with van der Waals surface area (Å²) in [7, 11) is 1.46. The average Bonchev–Trinajstić information content (AvgIpc) is 2.38. The van der Waals surface area contributed by atoms with Crippen LogP contribution in [0.25, 0.3) is 0 Å². The lowest BCUT2D eigenvalue weighted by Gasteiger charge is -2.49. The van der Waals surface area contributed by atoms with E-state index in [1.807, 2.05) is 6.08 Å². The first-order valence-corrected chi connectivity index (χ1v) is 10.8. The second-order valence-electron chi connectivity index (χ2n) is 7.06. The van der Waals surface area contributed by atoms with Crippen LogP contribution in [0.3, 0.4) is 0 Å². The molecule has 0 saturated carbocycles. The molecule has 0 aliphatic heterocycles. The molecule has 0 bridgehead atoms. The zero-order valence-electron chi connectivity index (χ0n) is 13.9. The normalized spacial score (nSPS) is 31.6. The van der Waals surface area contributed by atoms with Gasteiger partial charge >= 0.3 is 0 Å². The highest BCUT2D eigenvalue weighted by Gasteiger charge is 2.56. The Morgan fingerprint density at radius 2 is 1.86 bits per heavy atom. The number of methoxy groups -OCH3 is 2. The van der Waals surface area contributed by atoms with Crippen molar-refractivity contribution in [1.29, 1.82) is 0 Å². The highest BCUT2D eigenvalue weighted by atomic mass is 28.4. The van der Waals surface area contributed by atoms with Crippen molar-refractivity contribution in [1.82, 2.24) is 0 Å². The number of carbonyl (C=O) groups is 1. The third-order valence-corrected chi connectivity index (χ3v) is 5.22. The Balaban J connectivity index is 2.40. The molecule has 2 atom stereocenters. The molecular weight excluding hydrogens is 284 g/mol. The molecule has 0 radical (unpaired) electrons. The molecule has 2 aliphatic rings. The van der Waals surface area contributed by atoms with Gasteiger partial charge in [0.05, 0.1) is 5.76 Å². The third kappa shape index (κ3) is 2.87. The maximum atomic E-state index is 12.3. The predicted molar refractivity (Wildman–Crippen MR) is 84.2 cm³/mol. The molecule has 21 heavy (non-hydrogen) atoms. The maximum absolute atomic E-state index is 12.3. The van der Waals surface area contributed by atoms with E-state index in [0.717, 1.165) is 18.6 Å². The largest absolute Gasteiger partial charge is 0.548 e. The quantitative estimate of drug-likeness (QED) is 0.590. The Labute approximate surface area is 128 Å². The van der Waals surface area contributed by atoms with Gasteiger partial charge in [0.1, 0.15) is 0 Å². The van der Waals surface area contributed by atoms with E-state index < -0.39 is 14.1 Å². The van der Waals surface area contributed by atoms with Crippen LogP contribution in [0.2, 0.25) is 19.6 Å². The van der Waals surface area contributed by atoms with E-state index in [1.54, 1.807) is 20.3 Å². The summed E-state index contributed by atoms with van der Waals surface area (Å²) in [5.41, 5.74) is -0.285. The number of hydrogen-bond donors (Lipinski definition) is 0. The zero-order chi connectivity index (χ0) is 15.9. The lowest BCUT2D eigenvalue weighted by molar-refractivity contribution is -0.241. The third-order valence-electron chi connectivity index (χ3n) is 4.34. The van der Waals surface area contributed by atoms with Crippen molar-refractivity contribution in [2.75, 3.05) is 14.2 Å². The van der Waals surface area contributed by atoms with E-state index >= 15 is 0 Å². The molecule has 0 N–H and O–H groups in total. The second kappa shape index (κ2) is 5.37. The Kier molecular flexibility index (Phi) is 4.21. The number of ketones is 1. The number of hydrogen-bond acceptors (Lipinski definition) is 4. The number of carbonyl (C=O) groups excluding carboxylic acids is 1. The highest BCUT2D eigenvalue weighted by Crippen LogP contribution is 2.50. The van der Waals surface area contributed by atoms with E-state index in [2.05, 4.69) is 32.6 Å². The average molecular weight is 310 g/mol. The van der Waals surface area contributed by atoms with Gasteiger partial charge in [-0.25, -0.2) is 0 Å². The predicted octanol–water partition coefficient (Wildman–Crippen LogP) is 3.27. The summed E-state index contributed by atoms with van der Waals surface area (Å²) >= 11 is 0. The summed E-state index contributed by atoms with van der Waals surface area (Å²) < 4.78 is 17.2. The van der Waals surface area contributed by atoms with Gasteiger partial charge in [-0.1, -0.05) is 13.0 Å². The van der Waals surface area contributed by atoms with Crippen molar-refractivity contribution >= 4 is 14.1 Å². The van der Waals surface area contributed by atoms with E-state index in [-0.39, 0.29) is 17.1 Å². The van der Waals surface area contributed by atoms with Crippen LogP contribution in [0.1, 0.15) is 19.8 Å². The van der Waals surface area contributed by atoms with Gasteiger partial charge in [0, 0.05) is 32.0 Å². The molecule has 2 rings (SSSR count). The van der Waals surface area contributed by atoms with Crippen LogP contribution in [0, 0.1) is 11.3 Å². The first-order valence-electron chi connectivity index (χ1n) is 7.41. The first-order chi connectivity index (χ1) is 9.67. The zero-order valence-corrected chi connectivity index (χ0v) is 14.9. The van der Waals surface area contributed by atoms with Crippen molar-refractivity contribution < 1.29 is 18.7 Å². The van der Waals surface area contributed by atoms with Crippen LogP contribution in [0.15, 0.2) is 24.0 Å². The van der Waals surface area contributed by atoms with Crippen LogP contribution >= 0.6 is 0 Å². The van der Waals surface area contributed by atoms with Crippen LogP contribution in [0.5, 0.6) is 0 Å². The first kappa shape index (κ1) is 16.5. The van der Waals surface area contributed by atoms with Crippen molar-refractivity contribution in [3.05, 3.63) is 24.0 Å². The number of rotatable bonds is 4. The molecule has 5 heteroatoms. The summed E-state index contributed by atoms with van der Waals surface area (Å²) in [6, 6.07) is 0. The van der Waals surface area contributed by atoms with Crippen LogP contribution < -0.4 is 0 Å². The smallest absolute Gasteiger partial charge is 0.241 e. The monoisotopic (exact) mass is 310 g/mol. The molecule has 0 heterocycles.